The van der Waals surface area contributed by atoms with E-state index in [-0.39, 0.29) is 10.8 Å². The minimum absolute atomic E-state index is 0.152. The molecule has 6 nitrogen and oxygen atoms in total. The number of ether oxygens (including phenoxy) is 1. The normalized spacial score (nSPS) is 14.3. The van der Waals surface area contributed by atoms with Gasteiger partial charge in [-0.25, -0.2) is 8.42 Å². The molecule has 1 aliphatic rings. The molecule has 4 rings (SSSR count). The van der Waals surface area contributed by atoms with Gasteiger partial charge in [0.1, 0.15) is 5.75 Å². The molecular weight excluding hydrogens is 424 g/mol. The molecule has 1 amide bonds. The molecule has 1 saturated heterocycles. The molecule has 3 aromatic rings. The van der Waals surface area contributed by atoms with Crippen LogP contribution in [0.25, 0.3) is 0 Å². The summed E-state index contributed by atoms with van der Waals surface area (Å²) >= 11 is 0. The fraction of sp³-hybridized carbons (Fsp3) is 0.240. The number of rotatable bonds is 7. The number of amides is 1. The summed E-state index contributed by atoms with van der Waals surface area (Å²) in [6.07, 6.45) is 1.72. The first-order valence-electron chi connectivity index (χ1n) is 10.6. The van der Waals surface area contributed by atoms with E-state index in [0.717, 1.165) is 18.4 Å². The lowest BCUT2D eigenvalue weighted by molar-refractivity contribution is 0.0985. The maximum absolute atomic E-state index is 13.6. The first-order valence-corrected chi connectivity index (χ1v) is 12.0. The molecular formula is C25H26N2O4S. The van der Waals surface area contributed by atoms with Crippen molar-refractivity contribution in [2.24, 2.45) is 0 Å². The standard InChI is InChI=1S/C25H26N2O4S/c1-31-23-14-12-22(13-15-23)27(19-20-8-3-2-4-9-20)25(28)21-10-7-11-24(18-21)32(29,30)26-16-5-6-17-26/h2-4,7-15,18H,5-6,16-17,19H2,1H3. The predicted octanol–water partition coefficient (Wildman–Crippen LogP) is 4.33. The van der Waals surface area contributed by atoms with Crippen molar-refractivity contribution in [3.8, 4) is 5.75 Å². The maximum Gasteiger partial charge on any atom is 0.258 e. The zero-order valence-corrected chi connectivity index (χ0v) is 18.8. The lowest BCUT2D eigenvalue weighted by Gasteiger charge is -2.24. The zero-order valence-electron chi connectivity index (χ0n) is 18.0. The van der Waals surface area contributed by atoms with Crippen molar-refractivity contribution in [1.29, 1.82) is 0 Å². The van der Waals surface area contributed by atoms with Crippen LogP contribution in [0.2, 0.25) is 0 Å². The molecule has 0 unspecified atom stereocenters. The minimum atomic E-state index is -3.61. The van der Waals surface area contributed by atoms with Gasteiger partial charge in [0.25, 0.3) is 5.91 Å². The fourth-order valence-corrected chi connectivity index (χ4v) is 5.39. The lowest BCUT2D eigenvalue weighted by Crippen LogP contribution is -2.31. The molecule has 32 heavy (non-hydrogen) atoms. The number of methoxy groups -OCH3 is 1. The van der Waals surface area contributed by atoms with Gasteiger partial charge in [0.2, 0.25) is 10.0 Å². The van der Waals surface area contributed by atoms with Crippen molar-refractivity contribution in [2.75, 3.05) is 25.1 Å². The quantitative estimate of drug-likeness (QED) is 0.538. The molecule has 1 fully saturated rings. The van der Waals surface area contributed by atoms with Gasteiger partial charge in [0.15, 0.2) is 0 Å². The number of hydrogen-bond acceptors (Lipinski definition) is 4. The Labute approximate surface area is 189 Å². The van der Waals surface area contributed by atoms with E-state index in [2.05, 4.69) is 0 Å². The molecule has 7 heteroatoms. The van der Waals surface area contributed by atoms with Crippen molar-refractivity contribution >= 4 is 21.6 Å². The number of nitrogens with zero attached hydrogens (tertiary/aromatic N) is 2. The largest absolute Gasteiger partial charge is 0.497 e. The van der Waals surface area contributed by atoms with Crippen LogP contribution >= 0.6 is 0 Å². The van der Waals surface area contributed by atoms with Gasteiger partial charge in [-0.2, -0.15) is 4.31 Å². The SMILES string of the molecule is COc1ccc(N(Cc2ccccc2)C(=O)c2cccc(S(=O)(=O)N3CCCC3)c2)cc1. The van der Waals surface area contributed by atoms with Crippen LogP contribution in [0.4, 0.5) is 5.69 Å². The highest BCUT2D eigenvalue weighted by molar-refractivity contribution is 7.89. The Morgan fingerprint density at radius 1 is 0.938 bits per heavy atom. The summed E-state index contributed by atoms with van der Waals surface area (Å²) < 4.78 is 32.7. The second-order valence-corrected chi connectivity index (χ2v) is 9.65. The van der Waals surface area contributed by atoms with Gasteiger partial charge in [0, 0.05) is 24.3 Å². The van der Waals surface area contributed by atoms with Gasteiger partial charge in [-0.1, -0.05) is 36.4 Å². The van der Waals surface area contributed by atoms with Crippen molar-refractivity contribution in [3.63, 3.8) is 0 Å². The Bertz CT molecular complexity index is 1170. The van der Waals surface area contributed by atoms with Crippen molar-refractivity contribution in [3.05, 3.63) is 90.0 Å². The summed E-state index contributed by atoms with van der Waals surface area (Å²) in [5, 5.41) is 0. The third-order valence-electron chi connectivity index (χ3n) is 5.60. The Kier molecular flexibility index (Phi) is 6.58. The summed E-state index contributed by atoms with van der Waals surface area (Å²) in [6.45, 7) is 1.40. The van der Waals surface area contributed by atoms with Crippen LogP contribution in [0.15, 0.2) is 83.8 Å². The van der Waals surface area contributed by atoms with Crippen LogP contribution in [0.1, 0.15) is 28.8 Å². The average Bonchev–Trinajstić information content (AvgIpc) is 3.39. The zero-order chi connectivity index (χ0) is 22.6. The predicted molar refractivity (Wildman–Crippen MR) is 124 cm³/mol. The third kappa shape index (κ3) is 4.69. The molecule has 0 aliphatic carbocycles. The highest BCUT2D eigenvalue weighted by Crippen LogP contribution is 2.26. The highest BCUT2D eigenvalue weighted by Gasteiger charge is 2.28. The fourth-order valence-electron chi connectivity index (χ4n) is 3.83. The molecule has 0 radical (unpaired) electrons. The first-order chi connectivity index (χ1) is 15.5. The van der Waals surface area contributed by atoms with Crippen molar-refractivity contribution in [2.45, 2.75) is 24.3 Å². The third-order valence-corrected chi connectivity index (χ3v) is 7.49. The van der Waals surface area contributed by atoms with E-state index >= 15 is 0 Å². The molecule has 0 N–H and O–H groups in total. The smallest absolute Gasteiger partial charge is 0.258 e. The molecule has 0 bridgehead atoms. The summed E-state index contributed by atoms with van der Waals surface area (Å²) in [5.74, 6) is 0.428. The van der Waals surface area contributed by atoms with Gasteiger partial charge in [0.05, 0.1) is 18.6 Å². The van der Waals surface area contributed by atoms with Gasteiger partial charge >= 0.3 is 0 Å². The van der Waals surface area contributed by atoms with Gasteiger partial charge in [-0.05, 0) is 60.9 Å². The number of carbonyl (C=O) groups is 1. The molecule has 1 aliphatic heterocycles. The van der Waals surface area contributed by atoms with Gasteiger partial charge < -0.3 is 9.64 Å². The number of benzene rings is 3. The van der Waals surface area contributed by atoms with Crippen LogP contribution in [0.5, 0.6) is 5.75 Å². The lowest BCUT2D eigenvalue weighted by atomic mass is 10.1. The summed E-state index contributed by atoms with van der Waals surface area (Å²) in [5.41, 5.74) is 2.00. The Morgan fingerprint density at radius 3 is 2.28 bits per heavy atom. The Balaban J connectivity index is 1.68. The van der Waals surface area contributed by atoms with Crippen molar-refractivity contribution < 1.29 is 17.9 Å². The van der Waals surface area contributed by atoms with E-state index < -0.39 is 10.0 Å². The van der Waals surface area contributed by atoms with Gasteiger partial charge in [-0.15, -0.1) is 0 Å². The summed E-state index contributed by atoms with van der Waals surface area (Å²) in [4.78, 5) is 15.4. The number of anilines is 1. The molecule has 166 valence electrons. The highest BCUT2D eigenvalue weighted by atomic mass is 32.2. The minimum Gasteiger partial charge on any atom is -0.497 e. The van der Waals surface area contributed by atoms with Crippen LogP contribution in [-0.2, 0) is 16.6 Å². The maximum atomic E-state index is 13.6. The van der Waals surface area contributed by atoms with E-state index in [1.807, 2.05) is 42.5 Å². The topological polar surface area (TPSA) is 66.9 Å². The summed E-state index contributed by atoms with van der Waals surface area (Å²) in [7, 11) is -2.02. The van der Waals surface area contributed by atoms with Crippen LogP contribution in [-0.4, -0.2) is 38.8 Å². The second-order valence-electron chi connectivity index (χ2n) is 7.71. The number of carbonyl (C=O) groups excluding carboxylic acids is 1. The molecule has 0 spiro atoms. The molecule has 1 heterocycles. The van der Waals surface area contributed by atoms with Crippen molar-refractivity contribution in [1.82, 2.24) is 4.31 Å². The monoisotopic (exact) mass is 450 g/mol. The van der Waals surface area contributed by atoms with E-state index in [1.165, 1.54) is 10.4 Å². The van der Waals surface area contributed by atoms with E-state index in [4.69, 9.17) is 4.74 Å². The van der Waals surface area contributed by atoms with Crippen LogP contribution < -0.4 is 9.64 Å². The average molecular weight is 451 g/mol. The van der Waals surface area contributed by atoms with Gasteiger partial charge in [-0.3, -0.25) is 4.79 Å². The molecule has 0 saturated carbocycles. The molecule has 0 atom stereocenters. The van der Waals surface area contributed by atoms with Crippen LogP contribution in [0, 0.1) is 0 Å². The van der Waals surface area contributed by atoms with E-state index in [0.29, 0.717) is 36.6 Å². The van der Waals surface area contributed by atoms with E-state index in [1.54, 1.807) is 42.3 Å². The first kappa shape index (κ1) is 22.0. The van der Waals surface area contributed by atoms with Crippen LogP contribution in [0.3, 0.4) is 0 Å². The number of hydrogen-bond donors (Lipinski definition) is 0. The Morgan fingerprint density at radius 2 is 1.62 bits per heavy atom. The molecule has 3 aromatic carbocycles. The Hall–Kier alpha value is -3.16. The van der Waals surface area contributed by atoms with E-state index in [9.17, 15) is 13.2 Å². The summed E-state index contributed by atoms with van der Waals surface area (Å²) in [6, 6.07) is 23.3. The second kappa shape index (κ2) is 9.54. The molecule has 0 aromatic heterocycles. The number of sulfonamides is 1.